The van der Waals surface area contributed by atoms with Crippen LogP contribution in [0.4, 0.5) is 0 Å². The predicted molar refractivity (Wildman–Crippen MR) is 96.0 cm³/mol. The zero-order valence-electron chi connectivity index (χ0n) is 13.7. The quantitative estimate of drug-likeness (QED) is 0.584. The van der Waals surface area contributed by atoms with Gasteiger partial charge in [0.2, 0.25) is 11.6 Å². The Morgan fingerprint density at radius 3 is 2.32 bits per heavy atom. The zero-order chi connectivity index (χ0) is 18.0. The molecule has 1 aromatic heterocycles. The molecule has 0 aliphatic carbocycles. The second-order valence-corrected chi connectivity index (χ2v) is 6.64. The molecular formula is C17H14ClNO5S. The van der Waals surface area contributed by atoms with E-state index in [2.05, 4.69) is 4.99 Å². The Hall–Kier alpha value is -2.51. The SMILES string of the molecule is COc1cc(C2=N/C(=C\c3ccc(Cl)s3)C(=O)O2)cc(OC)c1OC. The molecule has 3 rings (SSSR count). The number of carbonyl (C=O) groups excluding carboxylic acids is 1. The molecule has 0 spiro atoms. The van der Waals surface area contributed by atoms with Crippen LogP contribution in [-0.4, -0.2) is 33.2 Å². The molecule has 0 fully saturated rings. The van der Waals surface area contributed by atoms with Gasteiger partial charge in [-0.1, -0.05) is 11.6 Å². The standard InChI is InChI=1S/C17H14ClNO5S/c1-21-12-6-9(7-13(22-2)15(12)23-3)16-19-11(17(20)24-16)8-10-4-5-14(18)25-10/h4-8H,1-3H3/b11-8-. The van der Waals surface area contributed by atoms with Gasteiger partial charge in [-0.2, -0.15) is 0 Å². The zero-order valence-corrected chi connectivity index (χ0v) is 15.2. The van der Waals surface area contributed by atoms with Crippen molar-refractivity contribution >= 4 is 40.9 Å². The van der Waals surface area contributed by atoms with Crippen LogP contribution in [0.1, 0.15) is 10.4 Å². The van der Waals surface area contributed by atoms with Crippen LogP contribution in [0.15, 0.2) is 35.0 Å². The third-order valence-electron chi connectivity index (χ3n) is 3.41. The molecule has 0 radical (unpaired) electrons. The van der Waals surface area contributed by atoms with Gasteiger partial charge in [-0.05, 0) is 30.3 Å². The van der Waals surface area contributed by atoms with Crippen LogP contribution in [0, 0.1) is 0 Å². The first-order chi connectivity index (χ1) is 12.0. The Bertz CT molecular complexity index is 862. The second kappa shape index (κ2) is 7.16. The highest BCUT2D eigenvalue weighted by atomic mass is 35.5. The molecule has 25 heavy (non-hydrogen) atoms. The number of aliphatic imine (C=N–C) groups is 1. The van der Waals surface area contributed by atoms with Crippen molar-refractivity contribution in [1.29, 1.82) is 0 Å². The van der Waals surface area contributed by atoms with Gasteiger partial charge in [0.15, 0.2) is 17.2 Å². The third kappa shape index (κ3) is 3.47. The number of nitrogens with zero attached hydrogens (tertiary/aromatic N) is 1. The van der Waals surface area contributed by atoms with Crippen molar-refractivity contribution < 1.29 is 23.7 Å². The highest BCUT2D eigenvalue weighted by Gasteiger charge is 2.26. The fourth-order valence-corrected chi connectivity index (χ4v) is 3.28. The molecule has 2 heterocycles. The van der Waals surface area contributed by atoms with Gasteiger partial charge in [-0.25, -0.2) is 9.79 Å². The maximum atomic E-state index is 12.1. The summed E-state index contributed by atoms with van der Waals surface area (Å²) in [6.07, 6.45) is 1.63. The highest BCUT2D eigenvalue weighted by molar-refractivity contribution is 7.17. The van der Waals surface area contributed by atoms with Crippen LogP contribution in [0.5, 0.6) is 17.2 Å². The number of hydrogen-bond acceptors (Lipinski definition) is 7. The average Bonchev–Trinajstić information content (AvgIpc) is 3.19. The molecule has 0 amide bonds. The van der Waals surface area contributed by atoms with Crippen LogP contribution in [0.25, 0.3) is 6.08 Å². The Morgan fingerprint density at radius 1 is 1.12 bits per heavy atom. The number of methoxy groups -OCH3 is 3. The minimum atomic E-state index is -0.534. The number of carbonyl (C=O) groups is 1. The van der Waals surface area contributed by atoms with Crippen LogP contribution < -0.4 is 14.2 Å². The molecular weight excluding hydrogens is 366 g/mol. The topological polar surface area (TPSA) is 66.4 Å². The summed E-state index contributed by atoms with van der Waals surface area (Å²) in [4.78, 5) is 17.2. The van der Waals surface area contributed by atoms with Gasteiger partial charge < -0.3 is 18.9 Å². The van der Waals surface area contributed by atoms with Crippen molar-refractivity contribution in [3.63, 3.8) is 0 Å². The summed E-state index contributed by atoms with van der Waals surface area (Å²) < 4.78 is 21.8. The highest BCUT2D eigenvalue weighted by Crippen LogP contribution is 2.39. The summed E-state index contributed by atoms with van der Waals surface area (Å²) in [5.41, 5.74) is 0.734. The molecule has 0 atom stereocenters. The van der Waals surface area contributed by atoms with Crippen LogP contribution in [0.2, 0.25) is 4.34 Å². The van der Waals surface area contributed by atoms with E-state index in [4.69, 9.17) is 30.5 Å². The van der Waals surface area contributed by atoms with E-state index in [0.717, 1.165) is 4.88 Å². The van der Waals surface area contributed by atoms with Crippen molar-refractivity contribution in [3.8, 4) is 17.2 Å². The van der Waals surface area contributed by atoms with Crippen LogP contribution in [-0.2, 0) is 9.53 Å². The fourth-order valence-electron chi connectivity index (χ4n) is 2.28. The first kappa shape index (κ1) is 17.3. The second-order valence-electron chi connectivity index (χ2n) is 4.89. The van der Waals surface area contributed by atoms with E-state index in [1.54, 1.807) is 30.3 Å². The summed E-state index contributed by atoms with van der Waals surface area (Å²) in [5.74, 6) is 0.963. The van der Waals surface area contributed by atoms with E-state index in [9.17, 15) is 4.79 Å². The first-order valence-corrected chi connectivity index (χ1v) is 8.33. The fraction of sp³-hybridized carbons (Fsp3) is 0.176. The van der Waals surface area contributed by atoms with Gasteiger partial charge in [-0.3, -0.25) is 0 Å². The van der Waals surface area contributed by atoms with E-state index >= 15 is 0 Å². The number of benzene rings is 1. The Kier molecular flexibility index (Phi) is 4.96. The Labute approximate surface area is 153 Å². The van der Waals surface area contributed by atoms with E-state index in [-0.39, 0.29) is 11.6 Å². The maximum Gasteiger partial charge on any atom is 0.363 e. The monoisotopic (exact) mass is 379 g/mol. The average molecular weight is 380 g/mol. The molecule has 0 saturated carbocycles. The summed E-state index contributed by atoms with van der Waals surface area (Å²) in [6, 6.07) is 6.89. The lowest BCUT2D eigenvalue weighted by molar-refractivity contribution is -0.129. The molecule has 0 unspecified atom stereocenters. The third-order valence-corrected chi connectivity index (χ3v) is 4.58. The van der Waals surface area contributed by atoms with Crippen molar-refractivity contribution in [3.05, 3.63) is 44.7 Å². The molecule has 0 bridgehead atoms. The lowest BCUT2D eigenvalue weighted by Gasteiger charge is -2.13. The number of esters is 1. The van der Waals surface area contributed by atoms with Crippen molar-refractivity contribution in [2.45, 2.75) is 0 Å². The normalized spacial score (nSPS) is 15.1. The van der Waals surface area contributed by atoms with Crippen LogP contribution >= 0.6 is 22.9 Å². The first-order valence-electron chi connectivity index (χ1n) is 7.14. The number of hydrogen-bond donors (Lipinski definition) is 0. The minimum Gasteiger partial charge on any atom is -0.493 e. The molecule has 8 heteroatoms. The molecule has 1 aliphatic rings. The number of halogens is 1. The smallest absolute Gasteiger partial charge is 0.363 e. The number of ether oxygens (including phenoxy) is 4. The molecule has 0 N–H and O–H groups in total. The van der Waals surface area contributed by atoms with Gasteiger partial charge in [0.1, 0.15) is 0 Å². The molecule has 1 aliphatic heterocycles. The van der Waals surface area contributed by atoms with E-state index in [0.29, 0.717) is 27.1 Å². The molecule has 0 saturated heterocycles. The number of rotatable bonds is 5. The molecule has 1 aromatic carbocycles. The van der Waals surface area contributed by atoms with Crippen molar-refractivity contribution in [2.24, 2.45) is 4.99 Å². The summed E-state index contributed by atoms with van der Waals surface area (Å²) >= 11 is 7.25. The summed E-state index contributed by atoms with van der Waals surface area (Å²) in [7, 11) is 4.53. The van der Waals surface area contributed by atoms with Crippen molar-refractivity contribution in [1.82, 2.24) is 0 Å². The molecule has 2 aromatic rings. The van der Waals surface area contributed by atoms with Gasteiger partial charge in [-0.15, -0.1) is 11.3 Å². The van der Waals surface area contributed by atoms with Crippen molar-refractivity contribution in [2.75, 3.05) is 21.3 Å². The Morgan fingerprint density at radius 2 is 1.80 bits per heavy atom. The van der Waals surface area contributed by atoms with Crippen LogP contribution in [0.3, 0.4) is 0 Å². The van der Waals surface area contributed by atoms with Gasteiger partial charge in [0, 0.05) is 10.4 Å². The largest absolute Gasteiger partial charge is 0.493 e. The lowest BCUT2D eigenvalue weighted by atomic mass is 10.2. The summed E-state index contributed by atoms with van der Waals surface area (Å²) in [5, 5.41) is 0. The van der Waals surface area contributed by atoms with E-state index in [1.807, 2.05) is 0 Å². The van der Waals surface area contributed by atoms with E-state index in [1.165, 1.54) is 32.7 Å². The van der Waals surface area contributed by atoms with Gasteiger partial charge in [0.25, 0.3) is 0 Å². The summed E-state index contributed by atoms with van der Waals surface area (Å²) in [6.45, 7) is 0. The van der Waals surface area contributed by atoms with Gasteiger partial charge >= 0.3 is 5.97 Å². The number of thiophene rings is 1. The Balaban J connectivity index is 2.00. The predicted octanol–water partition coefficient (Wildman–Crippen LogP) is 3.77. The maximum absolute atomic E-state index is 12.1. The lowest BCUT2D eigenvalue weighted by Crippen LogP contribution is -2.06. The minimum absolute atomic E-state index is 0.165. The molecule has 130 valence electrons. The van der Waals surface area contributed by atoms with Gasteiger partial charge in [0.05, 0.1) is 25.7 Å². The van der Waals surface area contributed by atoms with E-state index < -0.39 is 5.97 Å². The number of cyclic esters (lactones) is 1. The molecule has 6 nitrogen and oxygen atoms in total.